The van der Waals surface area contributed by atoms with Crippen molar-refractivity contribution in [2.24, 2.45) is 22.9 Å². The lowest BCUT2D eigenvalue weighted by atomic mass is 9.55. The Morgan fingerprint density at radius 2 is 1.76 bits per heavy atom. The Kier molecular flexibility index (Phi) is 15.9. The van der Waals surface area contributed by atoms with Crippen molar-refractivity contribution in [1.29, 1.82) is 0 Å². The lowest BCUT2D eigenvalue weighted by Crippen LogP contribution is -2.69. The second-order valence-corrected chi connectivity index (χ2v) is 19.3. The normalized spacial score (nSPS) is 22.5. The molecule has 1 aromatic heterocycles. The summed E-state index contributed by atoms with van der Waals surface area (Å²) >= 11 is 0. The topological polar surface area (TPSA) is 212 Å². The number of anilines is 1. The number of hydrogen-bond donors (Lipinski definition) is 3. The molecule has 1 amide bonds. The SMILES string of the molecule is C=CCOC12Oc3ccc(OCc4cccc(C)n4)cc3C3C(CCCCO)C(CCCCO)C=C(C(=NOCc4ccc([N+](=O)[O-])cc4)CC1N(C)S(=O)(=O)c1ccc(NC(C)=O)cc1)C32. The summed E-state index contributed by atoms with van der Waals surface area (Å²) in [5, 5.41) is 38.7. The number of hydrogen-bond acceptors (Lipinski definition) is 13. The predicted molar refractivity (Wildman–Crippen MR) is 252 cm³/mol. The minimum Gasteiger partial charge on any atom is -0.487 e. The number of fused-ring (bicyclic) bond motifs is 2. The first-order chi connectivity index (χ1) is 32.3. The van der Waals surface area contributed by atoms with Crippen molar-refractivity contribution in [2.75, 3.05) is 32.2 Å². The van der Waals surface area contributed by atoms with Crippen LogP contribution < -0.4 is 14.8 Å². The number of aliphatic hydroxyl groups excluding tert-OH is 2. The summed E-state index contributed by atoms with van der Waals surface area (Å²) < 4.78 is 51.7. The van der Waals surface area contributed by atoms with E-state index in [1.54, 1.807) is 18.2 Å². The quantitative estimate of drug-likeness (QED) is 0.0296. The highest BCUT2D eigenvalue weighted by Crippen LogP contribution is 2.62. The van der Waals surface area contributed by atoms with Gasteiger partial charge in [0.1, 0.15) is 24.7 Å². The number of sulfonamides is 1. The zero-order chi connectivity index (χ0) is 47.7. The molecule has 17 heteroatoms. The van der Waals surface area contributed by atoms with Crippen molar-refractivity contribution in [3.05, 3.63) is 142 Å². The average Bonchev–Trinajstić information content (AvgIpc) is 3.31. The van der Waals surface area contributed by atoms with Crippen molar-refractivity contribution < 1.29 is 47.4 Å². The van der Waals surface area contributed by atoms with E-state index in [1.165, 1.54) is 54.7 Å². The number of nitro benzene ring substituents is 1. The van der Waals surface area contributed by atoms with Crippen LogP contribution in [0.5, 0.6) is 11.5 Å². The molecule has 1 aliphatic heterocycles. The number of aromatic nitrogens is 1. The van der Waals surface area contributed by atoms with Crippen molar-refractivity contribution in [3.63, 3.8) is 0 Å². The molecule has 3 aromatic carbocycles. The highest BCUT2D eigenvalue weighted by Gasteiger charge is 2.65. The molecule has 0 saturated heterocycles. The number of oxime groups is 1. The van der Waals surface area contributed by atoms with Gasteiger partial charge in [0.25, 0.3) is 5.69 Å². The van der Waals surface area contributed by atoms with Gasteiger partial charge in [-0.25, -0.2) is 8.42 Å². The Morgan fingerprint density at radius 3 is 2.43 bits per heavy atom. The van der Waals surface area contributed by atoms with Gasteiger partial charge in [-0.3, -0.25) is 19.9 Å². The van der Waals surface area contributed by atoms with Crippen molar-refractivity contribution in [3.8, 4) is 11.5 Å². The first-order valence-electron chi connectivity index (χ1n) is 22.6. The number of ether oxygens (including phenoxy) is 3. The third kappa shape index (κ3) is 10.9. The van der Waals surface area contributed by atoms with E-state index in [0.717, 1.165) is 35.4 Å². The third-order valence-electron chi connectivity index (χ3n) is 12.8. The van der Waals surface area contributed by atoms with Crippen LogP contribution in [0.1, 0.15) is 80.3 Å². The number of aliphatic hydroxyl groups is 2. The molecule has 356 valence electrons. The molecule has 3 N–H and O–H groups in total. The number of carbonyl (C=O) groups excluding carboxylic acids is 1. The number of carbonyl (C=O) groups is 1. The Bertz CT molecular complexity index is 2570. The lowest BCUT2D eigenvalue weighted by Gasteiger charge is -2.59. The van der Waals surface area contributed by atoms with E-state index >= 15 is 0 Å². The molecule has 2 heterocycles. The van der Waals surface area contributed by atoms with Crippen LogP contribution in [0.4, 0.5) is 11.4 Å². The fourth-order valence-corrected chi connectivity index (χ4v) is 11.1. The molecule has 1 fully saturated rings. The Labute approximate surface area is 391 Å². The standard InChI is InChI=1S/C50H59N5O11S/c1-5-27-64-50-47(54(4)67(61,62)41-22-17-37(18-23-41)52-34(3)58)30-45(53-65-31-35-15-19-39(20-16-35)55(59)60)43-28-36(12-6-8-25-56)42(14-7-9-26-57)48(49(43)50)44-29-40(21-24-46(44)66-50)63-32-38-13-10-11-33(2)51-38/h5,10-11,13,15-24,28-29,36,42,47-49,56-57H,1,6-9,12,14,25-27,30-32H2,2-4H3,(H,52,58). The molecule has 0 radical (unpaired) electrons. The zero-order valence-electron chi connectivity index (χ0n) is 38.1. The maximum atomic E-state index is 14.9. The number of unbranched alkanes of at least 4 members (excludes halogenated alkanes) is 2. The highest BCUT2D eigenvalue weighted by molar-refractivity contribution is 7.89. The van der Waals surface area contributed by atoms with Crippen LogP contribution in [0.3, 0.4) is 0 Å². The minimum absolute atomic E-state index is 0.00451. The Hall–Kier alpha value is -5.98. The molecule has 0 bridgehead atoms. The third-order valence-corrected chi connectivity index (χ3v) is 14.7. The Balaban J connectivity index is 1.40. The van der Waals surface area contributed by atoms with Gasteiger partial charge in [-0.1, -0.05) is 36.2 Å². The van der Waals surface area contributed by atoms with E-state index in [9.17, 15) is 33.5 Å². The number of non-ortho nitro benzene ring substituents is 1. The lowest BCUT2D eigenvalue weighted by molar-refractivity contribution is -0.384. The number of aryl methyl sites for hydroxylation is 1. The minimum atomic E-state index is -4.31. The summed E-state index contributed by atoms with van der Waals surface area (Å²) in [4.78, 5) is 33.4. The van der Waals surface area contributed by atoms with Gasteiger partial charge in [0.15, 0.2) is 0 Å². The summed E-state index contributed by atoms with van der Waals surface area (Å²) in [6, 6.07) is 22.3. The number of benzene rings is 3. The van der Waals surface area contributed by atoms with Crippen LogP contribution in [-0.4, -0.2) is 83.2 Å². The monoisotopic (exact) mass is 937 g/mol. The van der Waals surface area contributed by atoms with Gasteiger partial charge in [0.05, 0.1) is 39.8 Å². The van der Waals surface area contributed by atoms with Gasteiger partial charge in [-0.05, 0) is 122 Å². The molecule has 4 aromatic rings. The van der Waals surface area contributed by atoms with Crippen LogP contribution in [0.2, 0.25) is 0 Å². The summed E-state index contributed by atoms with van der Waals surface area (Å²) in [5.74, 6) is -2.05. The fraction of sp³-hybridized carbons (Fsp3) is 0.420. The number of likely N-dealkylation sites (N-methyl/N-ethyl adjacent to an activating group) is 1. The number of nitrogens with one attached hydrogen (secondary N) is 1. The first-order valence-corrected chi connectivity index (χ1v) is 24.1. The molecule has 1 saturated carbocycles. The maximum Gasteiger partial charge on any atom is 0.269 e. The second-order valence-electron chi connectivity index (χ2n) is 17.3. The molecular weight excluding hydrogens is 879 g/mol. The summed E-state index contributed by atoms with van der Waals surface area (Å²) in [6.45, 7) is 7.51. The molecule has 3 aliphatic rings. The van der Waals surface area contributed by atoms with Crippen LogP contribution >= 0.6 is 0 Å². The predicted octanol–water partition coefficient (Wildman–Crippen LogP) is 7.99. The molecular formula is C50H59N5O11S. The molecule has 6 atom stereocenters. The van der Waals surface area contributed by atoms with Gasteiger partial charge in [-0.15, -0.1) is 6.58 Å². The van der Waals surface area contributed by atoms with Crippen LogP contribution in [0.15, 0.2) is 119 Å². The average molecular weight is 938 g/mol. The van der Waals surface area contributed by atoms with Gasteiger partial charge < -0.3 is 34.6 Å². The van der Waals surface area contributed by atoms with Crippen molar-refractivity contribution in [2.45, 2.75) is 94.6 Å². The Morgan fingerprint density at radius 1 is 1.03 bits per heavy atom. The number of nitro groups is 1. The summed E-state index contributed by atoms with van der Waals surface area (Å²) in [6.07, 6.45) is 7.85. The van der Waals surface area contributed by atoms with Gasteiger partial charge in [0, 0.05) is 68.6 Å². The van der Waals surface area contributed by atoms with E-state index in [4.69, 9.17) is 24.2 Å². The molecule has 2 aliphatic carbocycles. The molecule has 67 heavy (non-hydrogen) atoms. The van der Waals surface area contributed by atoms with Gasteiger partial charge in [0.2, 0.25) is 21.7 Å². The van der Waals surface area contributed by atoms with E-state index in [1.807, 2.05) is 43.3 Å². The largest absolute Gasteiger partial charge is 0.487 e. The highest BCUT2D eigenvalue weighted by atomic mass is 32.2. The van der Waals surface area contributed by atoms with Crippen molar-refractivity contribution >= 4 is 33.0 Å². The summed E-state index contributed by atoms with van der Waals surface area (Å²) in [5.41, 5.74) is 4.73. The van der Waals surface area contributed by atoms with E-state index in [-0.39, 0.29) is 73.7 Å². The molecule has 6 unspecified atom stereocenters. The van der Waals surface area contributed by atoms with E-state index < -0.39 is 32.7 Å². The van der Waals surface area contributed by atoms with E-state index in [2.05, 4.69) is 23.0 Å². The number of rotatable bonds is 22. The zero-order valence-corrected chi connectivity index (χ0v) is 38.9. The number of nitrogens with zero attached hydrogens (tertiary/aromatic N) is 4. The number of allylic oxidation sites excluding steroid dienone is 1. The second kappa shape index (κ2) is 21.8. The maximum absolute atomic E-state index is 14.9. The van der Waals surface area contributed by atoms with Crippen molar-refractivity contribution in [1.82, 2.24) is 9.29 Å². The first kappa shape index (κ1) is 48.9. The van der Waals surface area contributed by atoms with Crippen LogP contribution in [0, 0.1) is 34.8 Å². The van der Waals surface area contributed by atoms with Gasteiger partial charge in [-0.2, -0.15) is 4.31 Å². The van der Waals surface area contributed by atoms with Crippen LogP contribution in [-0.2, 0) is 37.6 Å². The number of pyridine rings is 1. The van der Waals surface area contributed by atoms with E-state index in [0.29, 0.717) is 54.1 Å². The fourth-order valence-electron chi connectivity index (χ4n) is 9.78. The summed E-state index contributed by atoms with van der Waals surface area (Å²) in [7, 11) is -2.82. The molecule has 0 spiro atoms. The molecule has 7 rings (SSSR count). The smallest absolute Gasteiger partial charge is 0.269 e. The number of amides is 1. The van der Waals surface area contributed by atoms with Crippen LogP contribution in [0.25, 0.3) is 0 Å². The van der Waals surface area contributed by atoms with Gasteiger partial charge >= 0.3 is 0 Å². The molecule has 16 nitrogen and oxygen atoms in total.